The average Bonchev–Trinajstić information content (AvgIpc) is 2.43. The lowest BCUT2D eigenvalue weighted by atomic mass is 9.80. The SMILES string of the molecule is CC1CCC(OC(=O)Cc2ccccc2CN)CC1C. The molecule has 0 saturated heterocycles. The number of hydrogen-bond donors (Lipinski definition) is 1. The predicted octanol–water partition coefficient (Wildman–Crippen LogP) is 3.06. The minimum Gasteiger partial charge on any atom is -0.462 e. The summed E-state index contributed by atoms with van der Waals surface area (Å²) in [6, 6.07) is 7.80. The van der Waals surface area contributed by atoms with Crippen LogP contribution in [-0.2, 0) is 22.5 Å². The van der Waals surface area contributed by atoms with Crippen LogP contribution in [0.5, 0.6) is 0 Å². The Morgan fingerprint density at radius 3 is 2.55 bits per heavy atom. The van der Waals surface area contributed by atoms with E-state index in [9.17, 15) is 4.79 Å². The molecule has 0 aliphatic heterocycles. The fraction of sp³-hybridized carbons (Fsp3) is 0.588. The summed E-state index contributed by atoms with van der Waals surface area (Å²) in [5.41, 5.74) is 7.70. The van der Waals surface area contributed by atoms with Gasteiger partial charge in [-0.3, -0.25) is 4.79 Å². The molecular formula is C17H25NO2. The number of carbonyl (C=O) groups excluding carboxylic acids is 1. The molecule has 2 N–H and O–H groups in total. The maximum Gasteiger partial charge on any atom is 0.310 e. The van der Waals surface area contributed by atoms with Gasteiger partial charge in [0.2, 0.25) is 0 Å². The Hall–Kier alpha value is -1.35. The van der Waals surface area contributed by atoms with Gasteiger partial charge in [0, 0.05) is 6.54 Å². The molecule has 0 amide bonds. The van der Waals surface area contributed by atoms with Crippen LogP contribution in [0.25, 0.3) is 0 Å². The normalized spacial score (nSPS) is 26.2. The Kier molecular flexibility index (Phi) is 5.18. The van der Waals surface area contributed by atoms with E-state index in [4.69, 9.17) is 10.5 Å². The van der Waals surface area contributed by atoms with Gasteiger partial charge in [0.15, 0.2) is 0 Å². The maximum atomic E-state index is 12.1. The van der Waals surface area contributed by atoms with E-state index >= 15 is 0 Å². The number of rotatable bonds is 4. The first-order chi connectivity index (χ1) is 9.60. The van der Waals surface area contributed by atoms with E-state index < -0.39 is 0 Å². The van der Waals surface area contributed by atoms with Gasteiger partial charge in [0.1, 0.15) is 6.10 Å². The molecule has 0 bridgehead atoms. The van der Waals surface area contributed by atoms with Crippen molar-refractivity contribution >= 4 is 5.97 Å². The van der Waals surface area contributed by atoms with E-state index in [0.717, 1.165) is 36.3 Å². The lowest BCUT2D eigenvalue weighted by Crippen LogP contribution is -2.29. The second-order valence-electron chi connectivity index (χ2n) is 6.03. The quantitative estimate of drug-likeness (QED) is 0.859. The Labute approximate surface area is 121 Å². The Bertz CT molecular complexity index is 458. The van der Waals surface area contributed by atoms with E-state index in [1.54, 1.807) is 0 Å². The number of esters is 1. The minimum absolute atomic E-state index is 0.0961. The van der Waals surface area contributed by atoms with Crippen molar-refractivity contribution in [2.75, 3.05) is 0 Å². The third-order valence-corrected chi connectivity index (χ3v) is 4.52. The van der Waals surface area contributed by atoms with E-state index in [2.05, 4.69) is 13.8 Å². The third kappa shape index (κ3) is 3.83. The highest BCUT2D eigenvalue weighted by atomic mass is 16.5. The lowest BCUT2D eigenvalue weighted by molar-refractivity contribution is -0.151. The van der Waals surface area contributed by atoms with Crippen molar-refractivity contribution in [2.24, 2.45) is 17.6 Å². The Morgan fingerprint density at radius 2 is 1.90 bits per heavy atom. The molecule has 110 valence electrons. The van der Waals surface area contributed by atoms with Gasteiger partial charge in [-0.1, -0.05) is 38.1 Å². The van der Waals surface area contributed by atoms with Crippen molar-refractivity contribution in [2.45, 2.75) is 52.2 Å². The van der Waals surface area contributed by atoms with Crippen LogP contribution in [-0.4, -0.2) is 12.1 Å². The van der Waals surface area contributed by atoms with Crippen LogP contribution in [0.2, 0.25) is 0 Å². The molecule has 0 radical (unpaired) electrons. The van der Waals surface area contributed by atoms with Crippen molar-refractivity contribution in [3.05, 3.63) is 35.4 Å². The number of ether oxygens (including phenoxy) is 1. The molecule has 3 nitrogen and oxygen atoms in total. The smallest absolute Gasteiger partial charge is 0.310 e. The molecule has 2 rings (SSSR count). The number of carbonyl (C=O) groups is 1. The van der Waals surface area contributed by atoms with Crippen molar-refractivity contribution in [1.29, 1.82) is 0 Å². The standard InChI is InChI=1S/C17H25NO2/c1-12-7-8-16(9-13(12)2)20-17(19)10-14-5-3-4-6-15(14)11-18/h3-6,12-13,16H,7-11,18H2,1-2H3. The molecule has 0 spiro atoms. The van der Waals surface area contributed by atoms with Crippen LogP contribution >= 0.6 is 0 Å². The first-order valence-corrected chi connectivity index (χ1v) is 7.56. The van der Waals surface area contributed by atoms with Crippen molar-refractivity contribution in [3.63, 3.8) is 0 Å². The first kappa shape index (κ1) is 15.0. The van der Waals surface area contributed by atoms with Gasteiger partial charge in [-0.15, -0.1) is 0 Å². The molecule has 20 heavy (non-hydrogen) atoms. The average molecular weight is 275 g/mol. The summed E-state index contributed by atoms with van der Waals surface area (Å²) in [6.45, 7) is 4.98. The monoisotopic (exact) mass is 275 g/mol. The fourth-order valence-corrected chi connectivity index (χ4v) is 2.92. The number of nitrogens with two attached hydrogens (primary N) is 1. The topological polar surface area (TPSA) is 52.3 Å². The molecule has 1 aromatic carbocycles. The largest absolute Gasteiger partial charge is 0.462 e. The van der Waals surface area contributed by atoms with Gasteiger partial charge < -0.3 is 10.5 Å². The summed E-state index contributed by atoms with van der Waals surface area (Å²) in [6.07, 6.45) is 3.56. The van der Waals surface area contributed by atoms with Gasteiger partial charge in [0.25, 0.3) is 0 Å². The predicted molar refractivity (Wildman–Crippen MR) is 80.1 cm³/mol. The van der Waals surface area contributed by atoms with Gasteiger partial charge in [-0.2, -0.15) is 0 Å². The van der Waals surface area contributed by atoms with Crippen molar-refractivity contribution < 1.29 is 9.53 Å². The van der Waals surface area contributed by atoms with E-state index in [1.807, 2.05) is 24.3 Å². The van der Waals surface area contributed by atoms with Crippen LogP contribution in [0.1, 0.15) is 44.2 Å². The van der Waals surface area contributed by atoms with Gasteiger partial charge in [-0.05, 0) is 42.2 Å². The van der Waals surface area contributed by atoms with Gasteiger partial charge in [-0.25, -0.2) is 0 Å². The Morgan fingerprint density at radius 1 is 1.20 bits per heavy atom. The maximum absolute atomic E-state index is 12.1. The second kappa shape index (κ2) is 6.89. The molecule has 1 aromatic rings. The number of hydrogen-bond acceptors (Lipinski definition) is 3. The molecule has 1 fully saturated rings. The second-order valence-corrected chi connectivity index (χ2v) is 6.03. The number of benzene rings is 1. The lowest BCUT2D eigenvalue weighted by Gasteiger charge is -2.31. The van der Waals surface area contributed by atoms with E-state index in [-0.39, 0.29) is 12.1 Å². The zero-order chi connectivity index (χ0) is 14.5. The van der Waals surface area contributed by atoms with Crippen LogP contribution in [0.15, 0.2) is 24.3 Å². The van der Waals surface area contributed by atoms with E-state index in [1.165, 1.54) is 0 Å². The van der Waals surface area contributed by atoms with Crippen molar-refractivity contribution in [3.8, 4) is 0 Å². The molecular weight excluding hydrogens is 250 g/mol. The zero-order valence-corrected chi connectivity index (χ0v) is 12.5. The molecule has 1 aliphatic rings. The molecule has 3 unspecified atom stereocenters. The van der Waals surface area contributed by atoms with Crippen LogP contribution in [0.4, 0.5) is 0 Å². The molecule has 1 aliphatic carbocycles. The van der Waals surface area contributed by atoms with Gasteiger partial charge >= 0.3 is 5.97 Å². The summed E-state index contributed by atoms with van der Waals surface area (Å²) in [4.78, 5) is 12.1. The summed E-state index contributed by atoms with van der Waals surface area (Å²) >= 11 is 0. The highest BCUT2D eigenvalue weighted by molar-refractivity contribution is 5.73. The molecule has 1 saturated carbocycles. The molecule has 3 heteroatoms. The minimum atomic E-state index is -0.127. The highest BCUT2D eigenvalue weighted by Crippen LogP contribution is 2.31. The summed E-state index contributed by atoms with van der Waals surface area (Å²) in [5.74, 6) is 1.25. The van der Waals surface area contributed by atoms with E-state index in [0.29, 0.717) is 18.9 Å². The summed E-state index contributed by atoms with van der Waals surface area (Å²) < 4.78 is 5.63. The Balaban J connectivity index is 1.89. The van der Waals surface area contributed by atoms with Crippen LogP contribution < -0.4 is 5.73 Å². The van der Waals surface area contributed by atoms with Crippen LogP contribution in [0.3, 0.4) is 0 Å². The third-order valence-electron chi connectivity index (χ3n) is 4.52. The molecule has 0 heterocycles. The first-order valence-electron chi connectivity index (χ1n) is 7.56. The van der Waals surface area contributed by atoms with Gasteiger partial charge in [0.05, 0.1) is 6.42 Å². The fourth-order valence-electron chi connectivity index (χ4n) is 2.92. The molecule has 0 aromatic heterocycles. The summed E-state index contributed by atoms with van der Waals surface area (Å²) in [7, 11) is 0. The summed E-state index contributed by atoms with van der Waals surface area (Å²) in [5, 5.41) is 0. The van der Waals surface area contributed by atoms with Crippen molar-refractivity contribution in [1.82, 2.24) is 0 Å². The zero-order valence-electron chi connectivity index (χ0n) is 12.5. The highest BCUT2D eigenvalue weighted by Gasteiger charge is 2.27. The van der Waals surface area contributed by atoms with Crippen LogP contribution in [0, 0.1) is 11.8 Å². The molecule has 3 atom stereocenters.